The molecule has 2 N–H and O–H groups in total. The van der Waals surface area contributed by atoms with Gasteiger partial charge >= 0.3 is 0 Å². The van der Waals surface area contributed by atoms with Crippen molar-refractivity contribution in [1.29, 1.82) is 0 Å². The molecular formula is C27H26FN3O3S. The van der Waals surface area contributed by atoms with E-state index in [1.807, 2.05) is 36.5 Å². The van der Waals surface area contributed by atoms with Crippen molar-refractivity contribution in [2.24, 2.45) is 0 Å². The minimum absolute atomic E-state index is 0.0970. The van der Waals surface area contributed by atoms with Crippen molar-refractivity contribution in [3.8, 4) is 5.75 Å². The average Bonchev–Trinajstić information content (AvgIpc) is 3.24. The minimum Gasteiger partial charge on any atom is -0.496 e. The Bertz CT molecular complexity index is 1320. The number of amides is 2. The van der Waals surface area contributed by atoms with Crippen LogP contribution in [0.4, 0.5) is 4.39 Å². The Morgan fingerprint density at radius 1 is 0.971 bits per heavy atom. The van der Waals surface area contributed by atoms with E-state index in [-0.39, 0.29) is 23.4 Å². The second-order valence-corrected chi connectivity index (χ2v) is 8.87. The van der Waals surface area contributed by atoms with Crippen LogP contribution in [0.5, 0.6) is 5.75 Å². The van der Waals surface area contributed by atoms with E-state index in [0.717, 1.165) is 21.4 Å². The van der Waals surface area contributed by atoms with Crippen LogP contribution in [0.25, 0.3) is 10.9 Å². The van der Waals surface area contributed by atoms with E-state index < -0.39 is 0 Å². The van der Waals surface area contributed by atoms with E-state index in [1.54, 1.807) is 37.4 Å². The van der Waals surface area contributed by atoms with Crippen molar-refractivity contribution in [3.63, 3.8) is 0 Å². The molecule has 1 heterocycles. The number of benzene rings is 3. The maximum atomic E-state index is 13.0. The SMILES string of the molecule is COc1ccccc1C(=O)NCCn1cc(SCC(=O)NCc2ccc(F)cc2)c2ccccc21. The summed E-state index contributed by atoms with van der Waals surface area (Å²) in [6.45, 7) is 1.38. The predicted molar refractivity (Wildman–Crippen MR) is 136 cm³/mol. The molecule has 8 heteroatoms. The molecule has 6 nitrogen and oxygen atoms in total. The highest BCUT2D eigenvalue weighted by Crippen LogP contribution is 2.30. The second-order valence-electron chi connectivity index (χ2n) is 7.85. The van der Waals surface area contributed by atoms with Crippen LogP contribution in [0.15, 0.2) is 83.9 Å². The Morgan fingerprint density at radius 3 is 2.51 bits per heavy atom. The summed E-state index contributed by atoms with van der Waals surface area (Å²) < 4.78 is 20.4. The zero-order valence-corrected chi connectivity index (χ0v) is 20.1. The number of para-hydroxylation sites is 2. The number of nitrogens with zero attached hydrogens (tertiary/aromatic N) is 1. The fourth-order valence-electron chi connectivity index (χ4n) is 3.73. The van der Waals surface area contributed by atoms with Gasteiger partial charge in [-0.2, -0.15) is 0 Å². The van der Waals surface area contributed by atoms with Gasteiger partial charge in [0.1, 0.15) is 11.6 Å². The van der Waals surface area contributed by atoms with E-state index >= 15 is 0 Å². The summed E-state index contributed by atoms with van der Waals surface area (Å²) in [5.41, 5.74) is 2.38. The first-order valence-corrected chi connectivity index (χ1v) is 12.2. The zero-order valence-electron chi connectivity index (χ0n) is 19.3. The summed E-state index contributed by atoms with van der Waals surface area (Å²) in [6, 6.07) is 21.2. The molecule has 0 radical (unpaired) electrons. The lowest BCUT2D eigenvalue weighted by Crippen LogP contribution is -2.27. The van der Waals surface area contributed by atoms with Crippen molar-refractivity contribution >= 4 is 34.5 Å². The lowest BCUT2D eigenvalue weighted by molar-refractivity contribution is -0.118. The number of rotatable bonds is 10. The van der Waals surface area contributed by atoms with E-state index in [2.05, 4.69) is 15.2 Å². The van der Waals surface area contributed by atoms with Crippen LogP contribution in [0.3, 0.4) is 0 Å². The van der Waals surface area contributed by atoms with Gasteiger partial charge in [-0.3, -0.25) is 9.59 Å². The van der Waals surface area contributed by atoms with Gasteiger partial charge in [-0.1, -0.05) is 42.5 Å². The topological polar surface area (TPSA) is 72.4 Å². The summed E-state index contributed by atoms with van der Waals surface area (Å²) in [5, 5.41) is 6.87. The smallest absolute Gasteiger partial charge is 0.255 e. The number of nitrogens with one attached hydrogen (secondary N) is 2. The molecule has 4 aromatic rings. The van der Waals surface area contributed by atoms with Crippen LogP contribution < -0.4 is 15.4 Å². The first kappa shape index (κ1) is 24.3. The lowest BCUT2D eigenvalue weighted by Gasteiger charge is -2.10. The first-order valence-electron chi connectivity index (χ1n) is 11.2. The first-order chi connectivity index (χ1) is 17.0. The third-order valence-electron chi connectivity index (χ3n) is 5.50. The molecule has 0 unspecified atom stereocenters. The molecule has 35 heavy (non-hydrogen) atoms. The van der Waals surface area contributed by atoms with Crippen LogP contribution in [0, 0.1) is 5.82 Å². The molecule has 0 bridgehead atoms. The average molecular weight is 492 g/mol. The predicted octanol–water partition coefficient (Wildman–Crippen LogP) is 4.63. The maximum absolute atomic E-state index is 13.0. The number of methoxy groups -OCH3 is 1. The summed E-state index contributed by atoms with van der Waals surface area (Å²) in [6.07, 6.45) is 2.01. The van der Waals surface area contributed by atoms with Gasteiger partial charge in [0.25, 0.3) is 5.91 Å². The molecule has 0 saturated heterocycles. The molecule has 4 rings (SSSR count). The van der Waals surface area contributed by atoms with E-state index in [9.17, 15) is 14.0 Å². The highest BCUT2D eigenvalue weighted by molar-refractivity contribution is 8.00. The molecule has 0 aliphatic heterocycles. The van der Waals surface area contributed by atoms with Crippen molar-refractivity contribution in [1.82, 2.24) is 15.2 Å². The monoisotopic (exact) mass is 491 g/mol. The maximum Gasteiger partial charge on any atom is 0.255 e. The Hall–Kier alpha value is -3.78. The lowest BCUT2D eigenvalue weighted by atomic mass is 10.2. The van der Waals surface area contributed by atoms with Crippen molar-refractivity contribution in [3.05, 3.63) is 95.9 Å². The van der Waals surface area contributed by atoms with E-state index in [4.69, 9.17) is 4.74 Å². The number of ether oxygens (including phenoxy) is 1. The number of aromatic nitrogens is 1. The third-order valence-corrected chi connectivity index (χ3v) is 6.55. The Labute approximate surface area is 207 Å². The number of carbonyl (C=O) groups is 2. The van der Waals surface area contributed by atoms with Gasteiger partial charge in [-0.25, -0.2) is 4.39 Å². The number of thioether (sulfide) groups is 1. The van der Waals surface area contributed by atoms with Gasteiger partial charge in [0, 0.05) is 41.6 Å². The molecule has 2 amide bonds. The molecule has 0 aliphatic rings. The normalized spacial score (nSPS) is 10.8. The largest absolute Gasteiger partial charge is 0.496 e. The molecule has 0 saturated carbocycles. The number of halogens is 1. The van der Waals surface area contributed by atoms with E-state index in [0.29, 0.717) is 30.9 Å². The van der Waals surface area contributed by atoms with Gasteiger partial charge in [-0.05, 0) is 35.9 Å². The molecular weight excluding hydrogens is 465 g/mol. The second kappa shape index (κ2) is 11.6. The van der Waals surface area contributed by atoms with Crippen molar-refractivity contribution in [2.75, 3.05) is 19.4 Å². The molecule has 0 fully saturated rings. The number of hydrogen-bond acceptors (Lipinski definition) is 4. The van der Waals surface area contributed by atoms with Gasteiger partial charge in [0.15, 0.2) is 0 Å². The molecule has 1 aromatic heterocycles. The van der Waals surface area contributed by atoms with Crippen molar-refractivity contribution in [2.45, 2.75) is 18.0 Å². The van der Waals surface area contributed by atoms with Gasteiger partial charge < -0.3 is 19.9 Å². The Kier molecular flexibility index (Phi) is 8.05. The standard InChI is InChI=1S/C27H26FN3O3S/c1-34-24-9-5-3-7-22(24)27(33)29-14-15-31-17-25(21-6-2-4-8-23(21)31)35-18-26(32)30-16-19-10-12-20(28)13-11-19/h2-13,17H,14-16,18H2,1H3,(H,29,33)(H,30,32). The molecule has 3 aromatic carbocycles. The summed E-state index contributed by atoms with van der Waals surface area (Å²) in [7, 11) is 1.54. The van der Waals surface area contributed by atoms with E-state index in [1.165, 1.54) is 23.9 Å². The highest BCUT2D eigenvalue weighted by Gasteiger charge is 2.13. The van der Waals surface area contributed by atoms with Crippen molar-refractivity contribution < 1.29 is 18.7 Å². The summed E-state index contributed by atoms with van der Waals surface area (Å²) >= 11 is 1.46. The van der Waals surface area contributed by atoms with Gasteiger partial charge in [0.2, 0.25) is 5.91 Å². The fourth-order valence-corrected chi connectivity index (χ4v) is 4.65. The molecule has 0 spiro atoms. The third kappa shape index (κ3) is 6.22. The zero-order chi connectivity index (χ0) is 24.6. The van der Waals surface area contributed by atoms with Crippen LogP contribution >= 0.6 is 11.8 Å². The Morgan fingerprint density at radius 2 is 1.71 bits per heavy atom. The molecule has 0 atom stereocenters. The van der Waals surface area contributed by atoms with Crippen LogP contribution in [0.1, 0.15) is 15.9 Å². The number of fused-ring (bicyclic) bond motifs is 1. The quantitative estimate of drug-likeness (QED) is 0.318. The summed E-state index contributed by atoms with van der Waals surface area (Å²) in [5.74, 6) is 0.213. The molecule has 0 aliphatic carbocycles. The Balaban J connectivity index is 1.35. The number of hydrogen-bond donors (Lipinski definition) is 2. The van der Waals surface area contributed by atoms with Crippen LogP contribution in [-0.2, 0) is 17.9 Å². The number of carbonyl (C=O) groups excluding carboxylic acids is 2. The van der Waals surface area contributed by atoms with Crippen LogP contribution in [-0.4, -0.2) is 35.8 Å². The summed E-state index contributed by atoms with van der Waals surface area (Å²) in [4.78, 5) is 25.9. The minimum atomic E-state index is -0.300. The van der Waals surface area contributed by atoms with Crippen LogP contribution in [0.2, 0.25) is 0 Å². The highest BCUT2D eigenvalue weighted by atomic mass is 32.2. The van der Waals surface area contributed by atoms with Gasteiger partial charge in [-0.15, -0.1) is 11.8 Å². The fraction of sp³-hybridized carbons (Fsp3) is 0.185. The van der Waals surface area contributed by atoms with Gasteiger partial charge in [0.05, 0.1) is 18.4 Å². The molecule has 180 valence electrons.